The summed E-state index contributed by atoms with van der Waals surface area (Å²) in [5.41, 5.74) is 10.6. The average Bonchev–Trinajstić information content (AvgIpc) is 3.04. The van der Waals surface area contributed by atoms with Crippen molar-refractivity contribution in [3.05, 3.63) is 70.2 Å². The van der Waals surface area contributed by atoms with Gasteiger partial charge >= 0.3 is 0 Å². The molecule has 192 valence electrons. The molecule has 0 spiro atoms. The summed E-state index contributed by atoms with van der Waals surface area (Å²) < 4.78 is 1.82. The van der Waals surface area contributed by atoms with Crippen LogP contribution in [0.2, 0.25) is 0 Å². The first-order valence-electron chi connectivity index (χ1n) is 13.3. The lowest BCUT2D eigenvalue weighted by atomic mass is 9.98. The number of benzene rings is 2. The second-order valence-corrected chi connectivity index (χ2v) is 10.1. The van der Waals surface area contributed by atoms with Crippen LogP contribution in [0.3, 0.4) is 0 Å². The van der Waals surface area contributed by atoms with E-state index in [1.165, 1.54) is 0 Å². The maximum atomic E-state index is 13.2. The first-order valence-corrected chi connectivity index (χ1v) is 13.3. The van der Waals surface area contributed by atoms with E-state index < -0.39 is 0 Å². The van der Waals surface area contributed by atoms with E-state index in [1.54, 1.807) is 0 Å². The molecule has 7 heteroatoms. The zero-order valence-electron chi connectivity index (χ0n) is 21.7. The summed E-state index contributed by atoms with van der Waals surface area (Å²) in [7, 11) is 0. The third-order valence-electron chi connectivity index (χ3n) is 7.18. The molecule has 0 saturated carbocycles. The van der Waals surface area contributed by atoms with Gasteiger partial charge in [-0.15, -0.1) is 0 Å². The van der Waals surface area contributed by atoms with Gasteiger partial charge in [-0.2, -0.15) is 0 Å². The van der Waals surface area contributed by atoms with E-state index in [4.69, 9.17) is 5.73 Å². The fraction of sp³-hybridized carbons (Fsp3) is 0.367. The molecule has 5 rings (SSSR count). The van der Waals surface area contributed by atoms with Crippen LogP contribution in [0.1, 0.15) is 38.7 Å². The van der Waals surface area contributed by atoms with Crippen molar-refractivity contribution in [2.45, 2.75) is 39.7 Å². The van der Waals surface area contributed by atoms with Gasteiger partial charge in [0.2, 0.25) is 5.91 Å². The smallest absolute Gasteiger partial charge is 0.258 e. The zero-order chi connectivity index (χ0) is 25.9. The molecule has 0 bridgehead atoms. The Labute approximate surface area is 217 Å². The minimum atomic E-state index is 0.0348. The molecule has 1 amide bonds. The number of rotatable bonds is 8. The van der Waals surface area contributed by atoms with Gasteiger partial charge in [-0.3, -0.25) is 9.59 Å². The van der Waals surface area contributed by atoms with Gasteiger partial charge in [0.05, 0.1) is 5.69 Å². The van der Waals surface area contributed by atoms with Gasteiger partial charge in [-0.05, 0) is 59.7 Å². The molecule has 0 radical (unpaired) electrons. The van der Waals surface area contributed by atoms with E-state index in [0.29, 0.717) is 23.7 Å². The largest absolute Gasteiger partial charge is 0.387 e. The molecule has 0 unspecified atom stereocenters. The minimum Gasteiger partial charge on any atom is -0.387 e. The van der Waals surface area contributed by atoms with Crippen LogP contribution in [-0.4, -0.2) is 47.4 Å². The third-order valence-corrected chi connectivity index (χ3v) is 7.18. The summed E-state index contributed by atoms with van der Waals surface area (Å²) >= 11 is 0. The number of aromatic nitrogens is 1. The summed E-state index contributed by atoms with van der Waals surface area (Å²) in [4.78, 5) is 32.8. The van der Waals surface area contributed by atoms with Crippen molar-refractivity contribution in [3.8, 4) is 11.1 Å². The Hall–Kier alpha value is -3.71. The lowest BCUT2D eigenvalue weighted by molar-refractivity contribution is -0.127. The molecule has 2 aromatic carbocycles. The van der Waals surface area contributed by atoms with Crippen LogP contribution in [0.4, 0.5) is 5.69 Å². The maximum absolute atomic E-state index is 13.2. The van der Waals surface area contributed by atoms with Crippen LogP contribution in [0.5, 0.6) is 0 Å². The van der Waals surface area contributed by atoms with Crippen LogP contribution in [0.15, 0.2) is 64.0 Å². The highest BCUT2D eigenvalue weighted by Gasteiger charge is 2.21. The predicted octanol–water partition coefficient (Wildman–Crippen LogP) is 4.31. The van der Waals surface area contributed by atoms with Gasteiger partial charge in [0, 0.05) is 67.8 Å². The van der Waals surface area contributed by atoms with E-state index in [2.05, 4.69) is 30.2 Å². The summed E-state index contributed by atoms with van der Waals surface area (Å²) in [6.07, 6.45) is 6.01. The molecule has 3 aromatic rings. The predicted molar refractivity (Wildman–Crippen MR) is 151 cm³/mol. The number of amides is 1. The van der Waals surface area contributed by atoms with Crippen molar-refractivity contribution in [2.75, 3.05) is 26.2 Å². The number of nitrogens with one attached hydrogen (secondary N) is 1. The Kier molecular flexibility index (Phi) is 7.24. The summed E-state index contributed by atoms with van der Waals surface area (Å²) in [5.74, 6) is 0.991. The van der Waals surface area contributed by atoms with Crippen LogP contribution in [0, 0.1) is 5.92 Å². The number of nitrogens with two attached hydrogens (primary N) is 1. The standard InChI is InChI=1S/C30H35N5O2/c1-3-10-34(11-4-2)29(36)25-14-24-6-5-22(15-27(24)33-28(31)16-25)21-7-8-26-23(13-21)9-12-35(30(26)37)19-20-17-32-18-20/h5-9,12-15,20,32H,3-4,10-11,16-19H2,1-2H3,(H2,31,33). The molecule has 7 nitrogen and oxygen atoms in total. The lowest BCUT2D eigenvalue weighted by Crippen LogP contribution is -2.45. The van der Waals surface area contributed by atoms with Crippen molar-refractivity contribution >= 4 is 34.3 Å². The lowest BCUT2D eigenvalue weighted by Gasteiger charge is -2.27. The molecule has 0 atom stereocenters. The Morgan fingerprint density at radius 3 is 2.51 bits per heavy atom. The molecule has 1 saturated heterocycles. The molecule has 37 heavy (non-hydrogen) atoms. The monoisotopic (exact) mass is 497 g/mol. The maximum Gasteiger partial charge on any atom is 0.258 e. The van der Waals surface area contributed by atoms with E-state index >= 15 is 0 Å². The van der Waals surface area contributed by atoms with Crippen LogP contribution < -0.4 is 16.6 Å². The fourth-order valence-electron chi connectivity index (χ4n) is 5.13. The van der Waals surface area contributed by atoms with Gasteiger partial charge in [-0.25, -0.2) is 4.99 Å². The van der Waals surface area contributed by atoms with Crippen LogP contribution >= 0.6 is 0 Å². The minimum absolute atomic E-state index is 0.0348. The molecule has 1 aromatic heterocycles. The van der Waals surface area contributed by atoms with Crippen molar-refractivity contribution < 1.29 is 4.79 Å². The topological polar surface area (TPSA) is 92.7 Å². The van der Waals surface area contributed by atoms with Gasteiger partial charge in [0.25, 0.3) is 5.56 Å². The summed E-state index contributed by atoms with van der Waals surface area (Å²) in [6, 6.07) is 14.0. The van der Waals surface area contributed by atoms with Crippen molar-refractivity contribution in [1.82, 2.24) is 14.8 Å². The van der Waals surface area contributed by atoms with E-state index in [0.717, 1.165) is 78.7 Å². The Morgan fingerprint density at radius 2 is 1.81 bits per heavy atom. The number of carbonyl (C=O) groups excluding carboxylic acids is 1. The number of hydrogen-bond donors (Lipinski definition) is 2. The Balaban J connectivity index is 1.45. The van der Waals surface area contributed by atoms with E-state index in [9.17, 15) is 9.59 Å². The van der Waals surface area contributed by atoms with E-state index in [-0.39, 0.29) is 11.5 Å². The fourth-order valence-corrected chi connectivity index (χ4v) is 5.13. The highest BCUT2D eigenvalue weighted by atomic mass is 16.2. The van der Waals surface area contributed by atoms with Crippen molar-refractivity contribution in [1.29, 1.82) is 0 Å². The van der Waals surface area contributed by atoms with E-state index in [1.807, 2.05) is 58.1 Å². The second-order valence-electron chi connectivity index (χ2n) is 10.1. The van der Waals surface area contributed by atoms with Gasteiger partial charge < -0.3 is 20.5 Å². The quantitative estimate of drug-likeness (QED) is 0.485. The highest BCUT2D eigenvalue weighted by molar-refractivity contribution is 6.05. The van der Waals surface area contributed by atoms with Gasteiger partial charge in [0.1, 0.15) is 5.84 Å². The van der Waals surface area contributed by atoms with Crippen LogP contribution in [-0.2, 0) is 11.3 Å². The normalized spacial score (nSPS) is 15.4. The molecule has 3 heterocycles. The molecule has 2 aliphatic rings. The van der Waals surface area contributed by atoms with Gasteiger partial charge in [-0.1, -0.05) is 32.0 Å². The average molecular weight is 498 g/mol. The van der Waals surface area contributed by atoms with Crippen molar-refractivity contribution in [2.24, 2.45) is 16.6 Å². The first kappa shape index (κ1) is 25.0. The highest BCUT2D eigenvalue weighted by Crippen LogP contribution is 2.33. The number of nitrogens with zero attached hydrogens (tertiary/aromatic N) is 3. The first-order chi connectivity index (χ1) is 18.0. The molecule has 0 aliphatic carbocycles. The summed E-state index contributed by atoms with van der Waals surface area (Å²) in [6.45, 7) is 8.32. The number of hydrogen-bond acceptors (Lipinski definition) is 5. The van der Waals surface area contributed by atoms with Crippen molar-refractivity contribution in [3.63, 3.8) is 0 Å². The molecular weight excluding hydrogens is 462 g/mol. The number of aliphatic imine (C=N–C) groups is 1. The molecule has 1 fully saturated rings. The Morgan fingerprint density at radius 1 is 1.08 bits per heavy atom. The molecular formula is C30H35N5O2. The number of carbonyl (C=O) groups is 1. The van der Waals surface area contributed by atoms with Crippen LogP contribution in [0.25, 0.3) is 28.0 Å². The van der Waals surface area contributed by atoms with Gasteiger partial charge in [0.15, 0.2) is 0 Å². The SMILES string of the molecule is CCCN(CCC)C(=O)C1=Cc2ccc(-c3ccc4c(=O)n(CC5CNC5)ccc4c3)cc2N=C(N)C1. The summed E-state index contributed by atoms with van der Waals surface area (Å²) in [5, 5.41) is 4.91. The molecule has 3 N–H and O–H groups in total. The zero-order valence-corrected chi connectivity index (χ0v) is 21.7. The number of fused-ring (bicyclic) bond motifs is 2. The number of pyridine rings is 1. The number of amidine groups is 1. The third kappa shape index (κ3) is 5.23. The Bertz CT molecular complexity index is 1440. The second kappa shape index (κ2) is 10.7. The molecule has 2 aliphatic heterocycles.